The number of hydrogen-bond acceptors (Lipinski definition) is 6. The molecule has 7 heteroatoms. The lowest BCUT2D eigenvalue weighted by Gasteiger charge is -2.30. The van der Waals surface area contributed by atoms with Crippen LogP contribution in [0.4, 0.5) is 0 Å². The largest absolute Gasteiger partial charge is 0.493 e. The van der Waals surface area contributed by atoms with Crippen LogP contribution in [0.1, 0.15) is 29.2 Å². The van der Waals surface area contributed by atoms with Gasteiger partial charge in [-0.1, -0.05) is 23.8 Å². The third kappa shape index (κ3) is 5.98. The summed E-state index contributed by atoms with van der Waals surface area (Å²) in [5.74, 6) is 0.704. The van der Waals surface area contributed by atoms with E-state index in [9.17, 15) is 4.79 Å². The van der Waals surface area contributed by atoms with Gasteiger partial charge in [-0.05, 0) is 31.5 Å². The number of nitrogens with zero attached hydrogens (tertiary/aromatic N) is 2. The maximum Gasteiger partial charge on any atom is 0.308 e. The van der Waals surface area contributed by atoms with Crippen molar-refractivity contribution in [3.8, 4) is 17.2 Å². The lowest BCUT2D eigenvalue weighted by Crippen LogP contribution is -3.13. The minimum atomic E-state index is -0.431. The van der Waals surface area contributed by atoms with E-state index in [0.29, 0.717) is 11.5 Å². The number of quaternary nitrogens is 1. The van der Waals surface area contributed by atoms with Gasteiger partial charge >= 0.3 is 5.97 Å². The fourth-order valence-electron chi connectivity index (χ4n) is 3.78. The average Bonchev–Trinajstić information content (AvgIpc) is 2.75. The molecular weight excluding hydrogens is 394 g/mol. The second-order valence-electron chi connectivity index (χ2n) is 7.90. The van der Waals surface area contributed by atoms with E-state index >= 15 is 0 Å². The number of carbonyl (C=O) groups excluding carboxylic acids is 1. The molecule has 1 fully saturated rings. The molecule has 0 spiro atoms. The molecule has 2 aromatic rings. The molecule has 1 saturated heterocycles. The molecule has 0 saturated carbocycles. The van der Waals surface area contributed by atoms with Gasteiger partial charge < -0.3 is 19.1 Å². The Morgan fingerprint density at radius 1 is 1.10 bits per heavy atom. The average molecular weight is 427 g/mol. The maximum atomic E-state index is 11.4. The normalized spacial score (nSPS) is 14.7. The number of carbonyl (C=O) groups is 1. The van der Waals surface area contributed by atoms with Crippen molar-refractivity contribution in [3.63, 3.8) is 0 Å². The third-order valence-electron chi connectivity index (χ3n) is 5.48. The summed E-state index contributed by atoms with van der Waals surface area (Å²) in [6.07, 6.45) is 1.79. The van der Waals surface area contributed by atoms with Crippen LogP contribution in [-0.4, -0.2) is 57.6 Å². The predicted molar refractivity (Wildman–Crippen MR) is 120 cm³/mol. The van der Waals surface area contributed by atoms with Gasteiger partial charge in [-0.3, -0.25) is 9.80 Å². The number of esters is 1. The Morgan fingerprint density at radius 2 is 1.74 bits per heavy atom. The summed E-state index contributed by atoms with van der Waals surface area (Å²) in [5, 5.41) is 6.73. The highest BCUT2D eigenvalue weighted by molar-refractivity contribution is 5.83. The first-order valence-corrected chi connectivity index (χ1v) is 10.5. The zero-order chi connectivity index (χ0) is 22.4. The number of benzene rings is 2. The number of aryl methyl sites for hydroxylation is 2. The summed E-state index contributed by atoms with van der Waals surface area (Å²) >= 11 is 0. The van der Waals surface area contributed by atoms with E-state index in [1.165, 1.54) is 37.8 Å². The van der Waals surface area contributed by atoms with Crippen molar-refractivity contribution in [2.75, 3.05) is 40.4 Å². The minimum Gasteiger partial charge on any atom is -0.493 e. The quantitative estimate of drug-likeness (QED) is 0.417. The fourth-order valence-corrected chi connectivity index (χ4v) is 3.78. The Morgan fingerprint density at radius 3 is 2.29 bits per heavy atom. The standard InChI is InChI=1S/C24H31N3O4/c1-17-6-7-21(18(2)12-17)16-26-8-10-27(11-9-26)25-15-20-13-22(29-4)24(31-19(3)28)23(14-20)30-5/h6-7,12-15H,8-11,16H2,1-5H3/p+1/b25-15-. The van der Waals surface area contributed by atoms with E-state index in [2.05, 4.69) is 42.2 Å². The summed E-state index contributed by atoms with van der Waals surface area (Å²) in [7, 11) is 3.06. The third-order valence-corrected chi connectivity index (χ3v) is 5.48. The molecular formula is C24H32N3O4+. The first-order valence-electron chi connectivity index (χ1n) is 10.5. The number of methoxy groups -OCH3 is 2. The van der Waals surface area contributed by atoms with Gasteiger partial charge in [-0.2, -0.15) is 5.10 Å². The van der Waals surface area contributed by atoms with E-state index in [0.717, 1.165) is 38.3 Å². The number of ether oxygens (including phenoxy) is 3. The van der Waals surface area contributed by atoms with E-state index in [4.69, 9.17) is 14.2 Å². The molecule has 0 aromatic heterocycles. The summed E-state index contributed by atoms with van der Waals surface area (Å²) in [5.41, 5.74) is 4.91. The molecule has 166 valence electrons. The summed E-state index contributed by atoms with van der Waals surface area (Å²) in [6, 6.07) is 10.3. The van der Waals surface area contributed by atoms with Gasteiger partial charge in [0.2, 0.25) is 5.75 Å². The van der Waals surface area contributed by atoms with Gasteiger partial charge in [0.05, 0.1) is 46.6 Å². The zero-order valence-electron chi connectivity index (χ0n) is 19.0. The summed E-state index contributed by atoms with van der Waals surface area (Å²) in [6.45, 7) is 10.6. The number of rotatable bonds is 7. The molecule has 0 radical (unpaired) electrons. The van der Waals surface area contributed by atoms with Crippen molar-refractivity contribution in [2.24, 2.45) is 5.10 Å². The first kappa shape index (κ1) is 22.6. The number of hydrogen-bond donors (Lipinski definition) is 1. The van der Waals surface area contributed by atoms with Crippen LogP contribution in [0.5, 0.6) is 17.2 Å². The summed E-state index contributed by atoms with van der Waals surface area (Å²) < 4.78 is 16.0. The molecule has 0 bridgehead atoms. The molecule has 0 atom stereocenters. The lowest BCUT2D eigenvalue weighted by molar-refractivity contribution is -0.918. The van der Waals surface area contributed by atoms with E-state index < -0.39 is 5.97 Å². The first-order chi connectivity index (χ1) is 14.9. The summed E-state index contributed by atoms with van der Waals surface area (Å²) in [4.78, 5) is 12.9. The molecule has 1 heterocycles. The molecule has 1 N–H and O–H groups in total. The van der Waals surface area contributed by atoms with E-state index in [-0.39, 0.29) is 5.75 Å². The van der Waals surface area contributed by atoms with Crippen LogP contribution in [-0.2, 0) is 11.3 Å². The molecule has 0 amide bonds. The molecule has 7 nitrogen and oxygen atoms in total. The van der Waals surface area contributed by atoms with Crippen LogP contribution in [0.3, 0.4) is 0 Å². The van der Waals surface area contributed by atoms with Gasteiger partial charge in [0.1, 0.15) is 6.54 Å². The van der Waals surface area contributed by atoms with E-state index in [1.54, 1.807) is 23.2 Å². The van der Waals surface area contributed by atoms with Gasteiger partial charge in [0, 0.05) is 18.1 Å². The molecule has 0 unspecified atom stereocenters. The van der Waals surface area contributed by atoms with Crippen LogP contribution >= 0.6 is 0 Å². The maximum absolute atomic E-state index is 11.4. The van der Waals surface area contributed by atoms with Crippen molar-refractivity contribution in [1.82, 2.24) is 5.01 Å². The highest BCUT2D eigenvalue weighted by Gasteiger charge is 2.20. The minimum absolute atomic E-state index is 0.276. The van der Waals surface area contributed by atoms with Gasteiger partial charge in [-0.15, -0.1) is 0 Å². The topological polar surface area (TPSA) is 64.8 Å². The highest BCUT2D eigenvalue weighted by Crippen LogP contribution is 2.38. The zero-order valence-corrected chi connectivity index (χ0v) is 19.0. The molecule has 31 heavy (non-hydrogen) atoms. The Kier molecular flexibility index (Phi) is 7.52. The molecule has 1 aliphatic rings. The molecule has 2 aromatic carbocycles. The van der Waals surface area contributed by atoms with Gasteiger partial charge in [0.25, 0.3) is 0 Å². The molecule has 0 aliphatic carbocycles. The van der Waals surface area contributed by atoms with E-state index in [1.807, 2.05) is 0 Å². The monoisotopic (exact) mass is 426 g/mol. The smallest absolute Gasteiger partial charge is 0.308 e. The number of nitrogens with one attached hydrogen (secondary N) is 1. The van der Waals surface area contributed by atoms with Crippen LogP contribution < -0.4 is 19.1 Å². The van der Waals surface area contributed by atoms with Crippen molar-refractivity contribution in [1.29, 1.82) is 0 Å². The second kappa shape index (κ2) is 10.3. The fraction of sp³-hybridized carbons (Fsp3) is 0.417. The van der Waals surface area contributed by atoms with Crippen LogP contribution in [0.15, 0.2) is 35.4 Å². The van der Waals surface area contributed by atoms with Crippen LogP contribution in [0.2, 0.25) is 0 Å². The second-order valence-corrected chi connectivity index (χ2v) is 7.90. The van der Waals surface area contributed by atoms with Crippen molar-refractivity contribution in [2.45, 2.75) is 27.3 Å². The van der Waals surface area contributed by atoms with Gasteiger partial charge in [-0.25, -0.2) is 0 Å². The lowest BCUT2D eigenvalue weighted by atomic mass is 10.1. The van der Waals surface area contributed by atoms with Crippen LogP contribution in [0, 0.1) is 13.8 Å². The van der Waals surface area contributed by atoms with Gasteiger partial charge in [0.15, 0.2) is 11.5 Å². The Balaban J connectivity index is 1.62. The van der Waals surface area contributed by atoms with Crippen molar-refractivity contribution < 1.29 is 23.9 Å². The van der Waals surface area contributed by atoms with Crippen molar-refractivity contribution in [3.05, 3.63) is 52.6 Å². The van der Waals surface area contributed by atoms with Crippen LogP contribution in [0.25, 0.3) is 0 Å². The Labute approximate surface area is 184 Å². The van der Waals surface area contributed by atoms with Crippen molar-refractivity contribution >= 4 is 12.2 Å². The number of hydrazone groups is 1. The number of piperazine rings is 1. The SMILES string of the molecule is COc1cc(/C=N\N2CC[NH+](Cc3ccc(C)cc3C)CC2)cc(OC)c1OC(C)=O. The predicted octanol–water partition coefficient (Wildman–Crippen LogP) is 1.98. The molecule has 3 rings (SSSR count). The Bertz CT molecular complexity index is 925. The Hall–Kier alpha value is -3.06. The molecule has 1 aliphatic heterocycles. The highest BCUT2D eigenvalue weighted by atomic mass is 16.6.